The van der Waals surface area contributed by atoms with Crippen LogP contribution >= 0.6 is 0 Å². The van der Waals surface area contributed by atoms with Crippen LogP contribution in [0.3, 0.4) is 0 Å². The van der Waals surface area contributed by atoms with E-state index in [0.29, 0.717) is 11.1 Å². The van der Waals surface area contributed by atoms with Gasteiger partial charge in [-0.25, -0.2) is 0 Å². The van der Waals surface area contributed by atoms with Gasteiger partial charge in [0, 0.05) is 11.8 Å². The summed E-state index contributed by atoms with van der Waals surface area (Å²) in [4.78, 5) is 24.0. The quantitative estimate of drug-likeness (QED) is 0.568. The van der Waals surface area contributed by atoms with E-state index >= 15 is 0 Å². The summed E-state index contributed by atoms with van der Waals surface area (Å²) in [5.41, 5.74) is 2.59. The largest absolute Gasteiger partial charge is 0.294 e. The van der Waals surface area contributed by atoms with Gasteiger partial charge in [-0.05, 0) is 44.8 Å². The minimum absolute atomic E-state index is 0.0776. The van der Waals surface area contributed by atoms with Gasteiger partial charge < -0.3 is 0 Å². The lowest BCUT2D eigenvalue weighted by Crippen LogP contribution is -2.38. The van der Waals surface area contributed by atoms with E-state index in [1.807, 2.05) is 6.92 Å². The molecule has 0 saturated heterocycles. The molecule has 0 heterocycles. The van der Waals surface area contributed by atoms with Crippen LogP contribution < -0.4 is 0 Å². The molecule has 2 atom stereocenters. The van der Waals surface area contributed by atoms with Crippen LogP contribution in [0, 0.1) is 11.8 Å². The Balaban J connectivity index is 2.42. The average Bonchev–Trinajstić information content (AvgIpc) is 2.23. The van der Waals surface area contributed by atoms with Crippen molar-refractivity contribution >= 4 is 11.6 Å². The number of ketones is 2. The van der Waals surface area contributed by atoms with Gasteiger partial charge in [-0.2, -0.15) is 0 Å². The second-order valence-electron chi connectivity index (χ2n) is 4.68. The molecule has 0 radical (unpaired) electrons. The fourth-order valence-corrected chi connectivity index (χ4v) is 2.56. The van der Waals surface area contributed by atoms with E-state index in [1.165, 1.54) is 5.57 Å². The Morgan fingerprint density at radius 3 is 2.13 bits per heavy atom. The van der Waals surface area contributed by atoms with E-state index in [4.69, 9.17) is 0 Å². The summed E-state index contributed by atoms with van der Waals surface area (Å²) in [5, 5.41) is 0. The maximum absolute atomic E-state index is 12.0. The van der Waals surface area contributed by atoms with Crippen molar-refractivity contribution in [3.63, 3.8) is 0 Å². The second-order valence-corrected chi connectivity index (χ2v) is 4.68. The first kappa shape index (κ1) is 10.3. The summed E-state index contributed by atoms with van der Waals surface area (Å²) in [7, 11) is 0. The molecule has 0 unspecified atom stereocenters. The first-order valence-electron chi connectivity index (χ1n) is 5.44. The normalized spacial score (nSPS) is 31.5. The van der Waals surface area contributed by atoms with Crippen LogP contribution in [0.4, 0.5) is 0 Å². The average molecular weight is 204 g/mol. The zero-order valence-corrected chi connectivity index (χ0v) is 9.46. The van der Waals surface area contributed by atoms with Gasteiger partial charge in [0.1, 0.15) is 0 Å². The zero-order valence-electron chi connectivity index (χ0n) is 9.46. The number of hydrogen-bond donors (Lipinski definition) is 0. The van der Waals surface area contributed by atoms with Crippen molar-refractivity contribution in [3.8, 4) is 0 Å². The lowest BCUT2D eigenvalue weighted by Gasteiger charge is -2.33. The first-order valence-corrected chi connectivity index (χ1v) is 5.44. The summed E-state index contributed by atoms with van der Waals surface area (Å²) in [5.74, 6) is 0.210. The summed E-state index contributed by atoms with van der Waals surface area (Å²) < 4.78 is 0. The van der Waals surface area contributed by atoms with Gasteiger partial charge in [0.15, 0.2) is 11.6 Å². The Morgan fingerprint density at radius 2 is 1.53 bits per heavy atom. The number of Topliss-reactive ketones (excluding diaryl/α,β-unsaturated/α-hetero) is 2. The molecule has 15 heavy (non-hydrogen) atoms. The lowest BCUT2D eigenvalue weighted by atomic mass is 9.68. The molecule has 80 valence electrons. The van der Waals surface area contributed by atoms with Crippen LogP contribution in [0.5, 0.6) is 0 Å². The highest BCUT2D eigenvalue weighted by atomic mass is 16.1. The van der Waals surface area contributed by atoms with Gasteiger partial charge in [-0.3, -0.25) is 9.59 Å². The minimum atomic E-state index is -0.0788. The molecule has 2 rings (SSSR count). The maximum atomic E-state index is 12.0. The molecule has 0 aromatic rings. The van der Waals surface area contributed by atoms with Crippen molar-refractivity contribution in [2.75, 3.05) is 0 Å². The second kappa shape index (κ2) is 3.44. The highest BCUT2D eigenvalue weighted by Gasteiger charge is 2.40. The van der Waals surface area contributed by atoms with Crippen LogP contribution in [0.15, 0.2) is 22.8 Å². The number of carbonyl (C=O) groups excluding carboxylic acids is 2. The molecule has 0 spiro atoms. The molecule has 0 amide bonds. The van der Waals surface area contributed by atoms with Crippen LogP contribution in [-0.4, -0.2) is 11.6 Å². The number of hydrogen-bond acceptors (Lipinski definition) is 2. The molecule has 0 N–H and O–H groups in total. The summed E-state index contributed by atoms with van der Waals surface area (Å²) in [6.07, 6.45) is 3.60. The van der Waals surface area contributed by atoms with Crippen molar-refractivity contribution in [1.29, 1.82) is 0 Å². The summed E-state index contributed by atoms with van der Waals surface area (Å²) in [6, 6.07) is 0. The fraction of sp³-hybridized carbons (Fsp3) is 0.538. The third kappa shape index (κ3) is 1.48. The van der Waals surface area contributed by atoms with Gasteiger partial charge in [-0.1, -0.05) is 11.6 Å². The van der Waals surface area contributed by atoms with Crippen molar-refractivity contribution in [2.24, 2.45) is 11.8 Å². The van der Waals surface area contributed by atoms with Crippen molar-refractivity contribution < 1.29 is 9.59 Å². The van der Waals surface area contributed by atoms with E-state index in [-0.39, 0.29) is 23.4 Å². The lowest BCUT2D eigenvalue weighted by molar-refractivity contribution is -0.130. The van der Waals surface area contributed by atoms with Crippen LogP contribution in [0.2, 0.25) is 0 Å². The smallest absolute Gasteiger partial charge is 0.163 e. The molecule has 0 bridgehead atoms. The molecule has 0 aromatic heterocycles. The molecule has 0 saturated carbocycles. The third-order valence-electron chi connectivity index (χ3n) is 3.72. The van der Waals surface area contributed by atoms with Gasteiger partial charge in [-0.15, -0.1) is 0 Å². The number of fused-ring (bicyclic) bond motifs is 1. The predicted molar refractivity (Wildman–Crippen MR) is 58.4 cm³/mol. The molecular formula is C13H16O2. The first-order chi connectivity index (χ1) is 7.02. The van der Waals surface area contributed by atoms with Gasteiger partial charge in [0.05, 0.1) is 0 Å². The monoisotopic (exact) mass is 204 g/mol. The van der Waals surface area contributed by atoms with Gasteiger partial charge in [0.25, 0.3) is 0 Å². The maximum Gasteiger partial charge on any atom is 0.163 e. The zero-order chi connectivity index (χ0) is 11.2. The fourth-order valence-electron chi connectivity index (χ4n) is 2.56. The molecule has 0 aliphatic heterocycles. The number of carbonyl (C=O) groups is 2. The molecular weight excluding hydrogens is 188 g/mol. The van der Waals surface area contributed by atoms with E-state index in [0.717, 1.165) is 12.8 Å². The number of rotatable bonds is 0. The van der Waals surface area contributed by atoms with E-state index < -0.39 is 0 Å². The summed E-state index contributed by atoms with van der Waals surface area (Å²) in [6.45, 7) is 5.59. The highest BCUT2D eigenvalue weighted by molar-refractivity contribution is 6.13. The SMILES string of the molecule is CC1=CC[C@@H]2C(=O)C(C)=C(C)C(=O)[C@@H]2C1. The minimum Gasteiger partial charge on any atom is -0.294 e. The predicted octanol–water partition coefficient (Wildman–Crippen LogP) is 2.45. The standard InChI is InChI=1S/C13H16O2/c1-7-4-5-10-11(6-7)13(15)9(3)8(2)12(10)14/h4,10-11H,5-6H2,1-3H3/t10-,11+/m0/s1. The Labute approximate surface area is 90.1 Å². The van der Waals surface area contributed by atoms with E-state index in [2.05, 4.69) is 6.08 Å². The van der Waals surface area contributed by atoms with Gasteiger partial charge >= 0.3 is 0 Å². The topological polar surface area (TPSA) is 34.1 Å². The molecule has 2 nitrogen and oxygen atoms in total. The van der Waals surface area contributed by atoms with E-state index in [9.17, 15) is 9.59 Å². The molecule has 2 heteroatoms. The van der Waals surface area contributed by atoms with Crippen molar-refractivity contribution in [3.05, 3.63) is 22.8 Å². The highest BCUT2D eigenvalue weighted by Crippen LogP contribution is 2.38. The summed E-state index contributed by atoms with van der Waals surface area (Å²) >= 11 is 0. The van der Waals surface area contributed by atoms with Crippen molar-refractivity contribution in [1.82, 2.24) is 0 Å². The van der Waals surface area contributed by atoms with Crippen molar-refractivity contribution in [2.45, 2.75) is 33.6 Å². The third-order valence-corrected chi connectivity index (χ3v) is 3.72. The van der Waals surface area contributed by atoms with Crippen LogP contribution in [-0.2, 0) is 9.59 Å². The van der Waals surface area contributed by atoms with Crippen LogP contribution in [0.25, 0.3) is 0 Å². The Kier molecular flexibility index (Phi) is 2.37. The Bertz CT molecular complexity index is 399. The van der Waals surface area contributed by atoms with E-state index in [1.54, 1.807) is 13.8 Å². The van der Waals surface area contributed by atoms with Crippen LogP contribution in [0.1, 0.15) is 33.6 Å². The molecule has 0 fully saturated rings. The van der Waals surface area contributed by atoms with Gasteiger partial charge in [0.2, 0.25) is 0 Å². The Hall–Kier alpha value is -1.18. The molecule has 2 aliphatic carbocycles. The number of allylic oxidation sites excluding steroid dienone is 4. The Morgan fingerprint density at radius 1 is 1.00 bits per heavy atom. The molecule has 0 aromatic carbocycles. The molecule has 2 aliphatic rings.